The van der Waals surface area contributed by atoms with E-state index in [1.165, 1.54) is 23.3 Å². The zero-order chi connectivity index (χ0) is 6.53. The second kappa shape index (κ2) is 3.58. The SMILES string of the molecule is O=CCSc1csnn1. The van der Waals surface area contributed by atoms with Crippen molar-refractivity contribution < 1.29 is 4.79 Å². The summed E-state index contributed by atoms with van der Waals surface area (Å²) in [4.78, 5) is 9.83. The van der Waals surface area contributed by atoms with Crippen LogP contribution in [-0.2, 0) is 4.79 Å². The third-order valence-corrected chi connectivity index (χ3v) is 2.09. The maximum Gasteiger partial charge on any atom is 0.132 e. The highest BCUT2D eigenvalue weighted by Crippen LogP contribution is 2.13. The number of aldehydes is 1. The molecule has 5 heteroatoms. The van der Waals surface area contributed by atoms with Crippen LogP contribution >= 0.6 is 23.3 Å². The highest BCUT2D eigenvalue weighted by Gasteiger charge is 1.93. The van der Waals surface area contributed by atoms with Gasteiger partial charge in [0.1, 0.15) is 11.3 Å². The lowest BCUT2D eigenvalue weighted by Crippen LogP contribution is -1.77. The average Bonchev–Trinajstić information content (AvgIpc) is 2.34. The Morgan fingerprint density at radius 2 is 2.78 bits per heavy atom. The molecule has 0 radical (unpaired) electrons. The van der Waals surface area contributed by atoms with Gasteiger partial charge in [0.2, 0.25) is 0 Å². The van der Waals surface area contributed by atoms with Crippen LogP contribution in [0.4, 0.5) is 0 Å². The van der Waals surface area contributed by atoms with Gasteiger partial charge in [-0.2, -0.15) is 0 Å². The van der Waals surface area contributed by atoms with E-state index in [4.69, 9.17) is 0 Å². The fraction of sp³-hybridized carbons (Fsp3) is 0.250. The van der Waals surface area contributed by atoms with Crippen molar-refractivity contribution in [1.29, 1.82) is 0 Å². The van der Waals surface area contributed by atoms with Crippen LogP contribution in [0, 0.1) is 0 Å². The highest BCUT2D eigenvalue weighted by molar-refractivity contribution is 7.99. The minimum Gasteiger partial charge on any atom is -0.302 e. The number of hydrogen-bond donors (Lipinski definition) is 0. The van der Waals surface area contributed by atoms with Gasteiger partial charge in [-0.05, 0) is 11.5 Å². The van der Waals surface area contributed by atoms with E-state index in [1.807, 2.05) is 5.38 Å². The molecular formula is C4H4N2OS2. The Hall–Kier alpha value is -0.420. The maximum absolute atomic E-state index is 9.83. The number of carbonyl (C=O) groups is 1. The number of rotatable bonds is 3. The zero-order valence-corrected chi connectivity index (χ0v) is 6.11. The summed E-state index contributed by atoms with van der Waals surface area (Å²) in [6, 6.07) is 0. The first-order chi connectivity index (χ1) is 4.43. The molecule has 0 bridgehead atoms. The predicted molar refractivity (Wildman–Crippen MR) is 36.7 cm³/mol. The number of nitrogens with zero attached hydrogens (tertiary/aromatic N) is 2. The Kier molecular flexibility index (Phi) is 2.66. The summed E-state index contributed by atoms with van der Waals surface area (Å²) in [7, 11) is 0. The summed E-state index contributed by atoms with van der Waals surface area (Å²) in [5, 5.41) is 6.37. The van der Waals surface area contributed by atoms with Gasteiger partial charge in [-0.3, -0.25) is 0 Å². The van der Waals surface area contributed by atoms with E-state index in [9.17, 15) is 4.79 Å². The van der Waals surface area contributed by atoms with Gasteiger partial charge in [0.15, 0.2) is 0 Å². The molecule has 0 aromatic carbocycles. The molecule has 1 heterocycles. The third kappa shape index (κ3) is 2.11. The normalized spacial score (nSPS) is 9.33. The van der Waals surface area contributed by atoms with Gasteiger partial charge in [0, 0.05) is 5.38 Å². The maximum atomic E-state index is 9.83. The number of hydrogen-bond acceptors (Lipinski definition) is 5. The van der Waals surface area contributed by atoms with Gasteiger partial charge in [0.05, 0.1) is 5.75 Å². The average molecular weight is 160 g/mol. The largest absolute Gasteiger partial charge is 0.302 e. The number of aromatic nitrogens is 2. The fourth-order valence-corrected chi connectivity index (χ4v) is 1.45. The minimum atomic E-state index is 0.464. The summed E-state index contributed by atoms with van der Waals surface area (Å²) < 4.78 is 3.63. The van der Waals surface area contributed by atoms with Gasteiger partial charge in [-0.1, -0.05) is 16.3 Å². The minimum absolute atomic E-state index is 0.464. The molecule has 9 heavy (non-hydrogen) atoms. The molecule has 0 aliphatic rings. The van der Waals surface area contributed by atoms with Crippen molar-refractivity contribution in [1.82, 2.24) is 9.59 Å². The van der Waals surface area contributed by atoms with E-state index >= 15 is 0 Å². The topological polar surface area (TPSA) is 42.9 Å². The molecule has 1 aromatic rings. The Balaban J connectivity index is 2.38. The molecule has 0 spiro atoms. The van der Waals surface area contributed by atoms with Crippen molar-refractivity contribution in [3.63, 3.8) is 0 Å². The molecule has 0 saturated heterocycles. The molecule has 48 valence electrons. The van der Waals surface area contributed by atoms with Gasteiger partial charge in [0.25, 0.3) is 0 Å². The quantitative estimate of drug-likeness (QED) is 0.485. The van der Waals surface area contributed by atoms with Crippen LogP contribution < -0.4 is 0 Å². The monoisotopic (exact) mass is 160 g/mol. The zero-order valence-electron chi connectivity index (χ0n) is 4.48. The molecule has 0 amide bonds. The molecule has 0 unspecified atom stereocenters. The predicted octanol–water partition coefficient (Wildman–Crippen LogP) is 0.829. The summed E-state index contributed by atoms with van der Waals surface area (Å²) >= 11 is 2.69. The second-order valence-electron chi connectivity index (χ2n) is 1.22. The summed E-state index contributed by atoms with van der Waals surface area (Å²) in [5.41, 5.74) is 0. The van der Waals surface area contributed by atoms with Crippen molar-refractivity contribution in [2.24, 2.45) is 0 Å². The molecule has 0 N–H and O–H groups in total. The Bertz CT molecular complexity index is 175. The van der Waals surface area contributed by atoms with Crippen LogP contribution in [0.1, 0.15) is 0 Å². The molecule has 0 aliphatic carbocycles. The molecule has 3 nitrogen and oxygen atoms in total. The van der Waals surface area contributed by atoms with Gasteiger partial charge in [-0.25, -0.2) is 0 Å². The first-order valence-electron chi connectivity index (χ1n) is 2.27. The van der Waals surface area contributed by atoms with Crippen LogP contribution in [0.3, 0.4) is 0 Å². The lowest BCUT2D eigenvalue weighted by atomic mass is 10.9. The van der Waals surface area contributed by atoms with E-state index in [0.717, 1.165) is 11.3 Å². The summed E-state index contributed by atoms with van der Waals surface area (Å²) in [6.07, 6.45) is 0.851. The fourth-order valence-electron chi connectivity index (χ4n) is 0.338. The van der Waals surface area contributed by atoms with E-state index < -0.39 is 0 Å². The smallest absolute Gasteiger partial charge is 0.132 e. The number of carbonyl (C=O) groups excluding carboxylic acids is 1. The molecule has 0 aliphatic heterocycles. The Labute approximate surface area is 60.6 Å². The van der Waals surface area contributed by atoms with Gasteiger partial charge in [-0.15, -0.1) is 5.10 Å². The number of thioether (sulfide) groups is 1. The van der Waals surface area contributed by atoms with Crippen LogP contribution in [0.25, 0.3) is 0 Å². The van der Waals surface area contributed by atoms with Gasteiger partial charge < -0.3 is 4.79 Å². The van der Waals surface area contributed by atoms with E-state index in [-0.39, 0.29) is 0 Å². The van der Waals surface area contributed by atoms with Crippen molar-refractivity contribution in [2.45, 2.75) is 5.03 Å². The van der Waals surface area contributed by atoms with Crippen LogP contribution in [0.15, 0.2) is 10.4 Å². The van der Waals surface area contributed by atoms with E-state index in [1.54, 1.807) is 0 Å². The second-order valence-corrected chi connectivity index (χ2v) is 2.87. The Morgan fingerprint density at radius 3 is 3.33 bits per heavy atom. The van der Waals surface area contributed by atoms with Gasteiger partial charge >= 0.3 is 0 Å². The van der Waals surface area contributed by atoms with E-state index in [0.29, 0.717) is 5.75 Å². The van der Waals surface area contributed by atoms with Crippen molar-refractivity contribution in [3.05, 3.63) is 5.38 Å². The highest BCUT2D eigenvalue weighted by atomic mass is 32.2. The summed E-state index contributed by atoms with van der Waals surface area (Å²) in [5.74, 6) is 0.464. The molecule has 0 fully saturated rings. The lowest BCUT2D eigenvalue weighted by molar-refractivity contribution is -0.105. The molecule has 1 rings (SSSR count). The first kappa shape index (κ1) is 6.70. The molecule has 0 atom stereocenters. The van der Waals surface area contributed by atoms with E-state index in [2.05, 4.69) is 9.59 Å². The molecule has 1 aromatic heterocycles. The van der Waals surface area contributed by atoms with Crippen LogP contribution in [-0.4, -0.2) is 21.6 Å². The van der Waals surface area contributed by atoms with Crippen molar-refractivity contribution >= 4 is 29.6 Å². The first-order valence-corrected chi connectivity index (χ1v) is 4.09. The molecular weight excluding hydrogens is 156 g/mol. The summed E-state index contributed by atoms with van der Waals surface area (Å²) in [6.45, 7) is 0. The van der Waals surface area contributed by atoms with Crippen molar-refractivity contribution in [2.75, 3.05) is 5.75 Å². The standard InChI is InChI=1S/C4H4N2OS2/c7-1-2-8-4-3-9-6-5-4/h1,3H,2H2. The van der Waals surface area contributed by atoms with Crippen LogP contribution in [0.5, 0.6) is 0 Å². The molecule has 0 saturated carbocycles. The Morgan fingerprint density at radius 1 is 1.89 bits per heavy atom. The third-order valence-electron chi connectivity index (χ3n) is 0.639. The van der Waals surface area contributed by atoms with Crippen LogP contribution in [0.2, 0.25) is 0 Å². The lowest BCUT2D eigenvalue weighted by Gasteiger charge is -1.82. The van der Waals surface area contributed by atoms with Crippen molar-refractivity contribution in [3.8, 4) is 0 Å².